The second-order valence-electron chi connectivity index (χ2n) is 6.94. The number of amides is 2. The maximum atomic E-state index is 13.1. The summed E-state index contributed by atoms with van der Waals surface area (Å²) in [6.07, 6.45) is 6.19. The van der Waals surface area contributed by atoms with Crippen LogP contribution in [0.2, 0.25) is 0 Å². The molecule has 2 N–H and O–H groups in total. The van der Waals surface area contributed by atoms with Crippen molar-refractivity contribution in [2.45, 2.75) is 12.8 Å². The Morgan fingerprint density at radius 3 is 2.45 bits per heavy atom. The van der Waals surface area contributed by atoms with E-state index < -0.39 is 0 Å². The summed E-state index contributed by atoms with van der Waals surface area (Å²) in [5, 5.41) is 2.92. The predicted octanol–water partition coefficient (Wildman–Crippen LogP) is 3.42. The number of para-hydroxylation sites is 1. The number of carbonyl (C=O) groups is 2. The van der Waals surface area contributed by atoms with Gasteiger partial charge in [0.2, 0.25) is 5.91 Å². The lowest BCUT2D eigenvalue weighted by Gasteiger charge is -2.31. The molecule has 1 aliphatic rings. The van der Waals surface area contributed by atoms with E-state index in [2.05, 4.69) is 15.3 Å². The van der Waals surface area contributed by atoms with Gasteiger partial charge in [-0.3, -0.25) is 19.1 Å². The van der Waals surface area contributed by atoms with Crippen LogP contribution in [0.3, 0.4) is 0 Å². The number of piperidine rings is 1. The minimum Gasteiger partial charge on any atom is -0.337 e. The Morgan fingerprint density at radius 2 is 1.76 bits per heavy atom. The number of nitrogens with one attached hydrogen (secondary N) is 2. The highest BCUT2D eigenvalue weighted by atomic mass is 32.1. The molecule has 2 aromatic heterocycles. The number of aromatic amines is 1. The molecule has 0 aliphatic carbocycles. The summed E-state index contributed by atoms with van der Waals surface area (Å²) >= 11 is 5.37. The van der Waals surface area contributed by atoms with Crippen LogP contribution in [0.25, 0.3) is 5.69 Å². The number of hydrogen-bond donors (Lipinski definition) is 2. The number of rotatable bonds is 4. The van der Waals surface area contributed by atoms with Crippen molar-refractivity contribution in [2.75, 3.05) is 18.4 Å². The smallest absolute Gasteiger partial charge is 0.272 e. The molecular formula is C21H21N5O2S. The first-order chi connectivity index (χ1) is 14.1. The molecule has 1 aromatic carbocycles. The van der Waals surface area contributed by atoms with E-state index in [1.54, 1.807) is 40.2 Å². The van der Waals surface area contributed by atoms with Crippen LogP contribution in [-0.4, -0.2) is 44.3 Å². The lowest BCUT2D eigenvalue weighted by atomic mass is 9.95. The maximum absolute atomic E-state index is 13.1. The summed E-state index contributed by atoms with van der Waals surface area (Å²) in [7, 11) is 0. The molecular weight excluding hydrogens is 386 g/mol. The molecule has 148 valence electrons. The van der Waals surface area contributed by atoms with Gasteiger partial charge in [-0.2, -0.15) is 0 Å². The number of anilines is 1. The van der Waals surface area contributed by atoms with Gasteiger partial charge >= 0.3 is 0 Å². The number of likely N-dealkylation sites (tertiary alicyclic amines) is 1. The maximum Gasteiger partial charge on any atom is 0.272 e. The van der Waals surface area contributed by atoms with Crippen molar-refractivity contribution >= 4 is 29.7 Å². The van der Waals surface area contributed by atoms with Crippen molar-refractivity contribution in [1.82, 2.24) is 19.4 Å². The minimum absolute atomic E-state index is 0.0165. The summed E-state index contributed by atoms with van der Waals surface area (Å²) < 4.78 is 2.23. The first kappa shape index (κ1) is 19.1. The highest BCUT2D eigenvalue weighted by Crippen LogP contribution is 2.22. The van der Waals surface area contributed by atoms with Gasteiger partial charge in [-0.15, -0.1) is 0 Å². The minimum atomic E-state index is -0.116. The molecule has 29 heavy (non-hydrogen) atoms. The summed E-state index contributed by atoms with van der Waals surface area (Å²) in [6, 6.07) is 13.1. The number of nitrogens with zero attached hydrogens (tertiary/aromatic N) is 3. The Morgan fingerprint density at radius 1 is 1.07 bits per heavy atom. The van der Waals surface area contributed by atoms with Crippen molar-refractivity contribution in [3.8, 4) is 5.69 Å². The average Bonchev–Trinajstić information content (AvgIpc) is 3.16. The monoisotopic (exact) mass is 407 g/mol. The van der Waals surface area contributed by atoms with Gasteiger partial charge < -0.3 is 15.2 Å². The molecule has 0 radical (unpaired) electrons. The summed E-state index contributed by atoms with van der Waals surface area (Å²) in [6.45, 7) is 1.06. The third kappa shape index (κ3) is 4.12. The normalized spacial score (nSPS) is 14.6. The zero-order valence-corrected chi connectivity index (χ0v) is 16.6. The van der Waals surface area contributed by atoms with Crippen LogP contribution in [0.1, 0.15) is 23.3 Å². The van der Waals surface area contributed by atoms with Gasteiger partial charge in [-0.05, 0) is 49.3 Å². The molecule has 1 saturated heterocycles. The third-order valence-electron chi connectivity index (χ3n) is 5.11. The Bertz CT molecular complexity index is 1050. The van der Waals surface area contributed by atoms with E-state index in [9.17, 15) is 9.59 Å². The van der Waals surface area contributed by atoms with E-state index in [0.29, 0.717) is 36.4 Å². The molecule has 0 bridgehead atoms. The van der Waals surface area contributed by atoms with Gasteiger partial charge in [0.05, 0.1) is 0 Å². The van der Waals surface area contributed by atoms with E-state index >= 15 is 0 Å². The van der Waals surface area contributed by atoms with Crippen LogP contribution in [0.5, 0.6) is 0 Å². The Hall–Kier alpha value is -3.26. The van der Waals surface area contributed by atoms with Crippen molar-refractivity contribution in [1.29, 1.82) is 0 Å². The van der Waals surface area contributed by atoms with Crippen LogP contribution in [0.15, 0.2) is 61.1 Å². The van der Waals surface area contributed by atoms with Crippen LogP contribution >= 0.6 is 12.2 Å². The Kier molecular flexibility index (Phi) is 5.53. The number of H-pyrrole nitrogens is 1. The Balaban J connectivity index is 1.43. The number of imidazole rings is 1. The van der Waals surface area contributed by atoms with Crippen LogP contribution in [0.4, 0.5) is 5.69 Å². The lowest BCUT2D eigenvalue weighted by molar-refractivity contribution is -0.121. The van der Waals surface area contributed by atoms with Crippen molar-refractivity contribution in [3.05, 3.63) is 71.5 Å². The fraction of sp³-hybridized carbons (Fsp3) is 0.238. The number of benzene rings is 1. The molecule has 0 spiro atoms. The molecule has 7 nitrogen and oxygen atoms in total. The number of hydrogen-bond acceptors (Lipinski definition) is 4. The molecule has 1 aliphatic heterocycles. The van der Waals surface area contributed by atoms with Crippen molar-refractivity contribution in [3.63, 3.8) is 0 Å². The molecule has 0 unspecified atom stereocenters. The molecule has 0 saturated carbocycles. The molecule has 8 heteroatoms. The van der Waals surface area contributed by atoms with E-state index in [0.717, 1.165) is 11.4 Å². The number of aromatic nitrogens is 3. The predicted molar refractivity (Wildman–Crippen MR) is 112 cm³/mol. The van der Waals surface area contributed by atoms with Gasteiger partial charge in [0.25, 0.3) is 5.91 Å². The van der Waals surface area contributed by atoms with Gasteiger partial charge in [-0.1, -0.05) is 18.2 Å². The lowest BCUT2D eigenvalue weighted by Crippen LogP contribution is -2.42. The van der Waals surface area contributed by atoms with Crippen LogP contribution in [0, 0.1) is 10.7 Å². The quantitative estimate of drug-likeness (QED) is 0.649. The van der Waals surface area contributed by atoms with E-state index in [4.69, 9.17) is 12.2 Å². The Labute approximate surface area is 173 Å². The molecule has 0 atom stereocenters. The summed E-state index contributed by atoms with van der Waals surface area (Å²) in [4.78, 5) is 34.3. The highest BCUT2D eigenvalue weighted by molar-refractivity contribution is 7.71. The zero-order chi connectivity index (χ0) is 20.2. The van der Waals surface area contributed by atoms with Gasteiger partial charge in [0.15, 0.2) is 4.77 Å². The first-order valence-electron chi connectivity index (χ1n) is 9.49. The standard InChI is InChI=1S/C21H21N5O2S/c27-19(24-16-6-10-22-11-7-16)15-8-12-25(13-9-15)20(28)18-14-23-21(29)26(18)17-4-2-1-3-5-17/h1-7,10-11,14-15H,8-9,12-13H2,(H,23,29)(H,22,24,27). The topological polar surface area (TPSA) is 83.0 Å². The second kappa shape index (κ2) is 8.40. The molecule has 3 aromatic rings. The summed E-state index contributed by atoms with van der Waals surface area (Å²) in [5.74, 6) is -0.222. The highest BCUT2D eigenvalue weighted by Gasteiger charge is 2.29. The summed E-state index contributed by atoms with van der Waals surface area (Å²) in [5.41, 5.74) is 2.08. The van der Waals surface area contributed by atoms with Crippen molar-refractivity contribution in [2.24, 2.45) is 5.92 Å². The van der Waals surface area contributed by atoms with Crippen molar-refractivity contribution < 1.29 is 9.59 Å². The SMILES string of the molecule is O=C(Nc1ccncc1)C1CCN(C(=O)c2c[nH]c(=S)n2-c2ccccc2)CC1. The molecule has 2 amide bonds. The zero-order valence-electron chi connectivity index (χ0n) is 15.7. The van der Waals surface area contributed by atoms with Crippen LogP contribution in [-0.2, 0) is 4.79 Å². The van der Waals surface area contributed by atoms with Crippen LogP contribution < -0.4 is 5.32 Å². The van der Waals surface area contributed by atoms with E-state index in [1.165, 1.54) is 0 Å². The fourth-order valence-electron chi connectivity index (χ4n) is 3.55. The number of pyridine rings is 1. The number of carbonyl (C=O) groups excluding carboxylic acids is 2. The molecule has 4 rings (SSSR count). The second-order valence-corrected chi connectivity index (χ2v) is 7.33. The van der Waals surface area contributed by atoms with E-state index in [-0.39, 0.29) is 17.7 Å². The fourth-order valence-corrected chi connectivity index (χ4v) is 3.81. The molecule has 1 fully saturated rings. The van der Waals surface area contributed by atoms with Gasteiger partial charge in [0, 0.05) is 49.0 Å². The third-order valence-corrected chi connectivity index (χ3v) is 5.41. The van der Waals surface area contributed by atoms with E-state index in [1.807, 2.05) is 30.3 Å². The van der Waals surface area contributed by atoms with Gasteiger partial charge in [-0.25, -0.2) is 0 Å². The van der Waals surface area contributed by atoms with Gasteiger partial charge in [0.1, 0.15) is 5.69 Å². The molecule has 3 heterocycles. The first-order valence-corrected chi connectivity index (χ1v) is 9.90. The average molecular weight is 407 g/mol. The largest absolute Gasteiger partial charge is 0.337 e.